The number of amides is 3. The van der Waals surface area contributed by atoms with Crippen LogP contribution in [0.3, 0.4) is 0 Å². The summed E-state index contributed by atoms with van der Waals surface area (Å²) in [7, 11) is 0. The van der Waals surface area contributed by atoms with E-state index in [1.165, 1.54) is 0 Å². The molecule has 0 radical (unpaired) electrons. The molecule has 0 saturated carbocycles. The Kier molecular flexibility index (Phi) is 10.1. The molecule has 1 fully saturated rings. The quantitative estimate of drug-likeness (QED) is 0.468. The van der Waals surface area contributed by atoms with Crippen molar-refractivity contribution in [1.29, 1.82) is 0 Å². The van der Waals surface area contributed by atoms with E-state index >= 15 is 0 Å². The lowest BCUT2D eigenvalue weighted by atomic mass is 9.95. The predicted molar refractivity (Wildman–Crippen MR) is 130 cm³/mol. The van der Waals surface area contributed by atoms with Crippen LogP contribution in [0.2, 0.25) is 0 Å². The van der Waals surface area contributed by atoms with E-state index < -0.39 is 12.0 Å². The number of unbranched alkanes of at least 4 members (excludes halogenated alkanes) is 1. The van der Waals surface area contributed by atoms with Crippen LogP contribution in [-0.4, -0.2) is 35.2 Å². The van der Waals surface area contributed by atoms with E-state index in [0.717, 1.165) is 30.4 Å². The van der Waals surface area contributed by atoms with Crippen molar-refractivity contribution in [1.82, 2.24) is 15.7 Å². The minimum Gasteiger partial charge on any atom is -0.344 e. The number of rotatable bonds is 12. The maximum absolute atomic E-state index is 13.1. The average Bonchev–Trinajstić information content (AvgIpc) is 2.85. The number of piperidine rings is 1. The Hall–Kier alpha value is -3.19. The number of carbonyl (C=O) groups is 3. The second kappa shape index (κ2) is 13.5. The lowest BCUT2D eigenvalue weighted by Gasteiger charge is -2.33. The minimum atomic E-state index is -0.550. The van der Waals surface area contributed by atoms with Gasteiger partial charge in [0.1, 0.15) is 6.04 Å². The van der Waals surface area contributed by atoms with Crippen molar-refractivity contribution in [3.8, 4) is 0 Å². The molecule has 3 amide bonds. The third-order valence-electron chi connectivity index (χ3n) is 6.04. The van der Waals surface area contributed by atoms with Gasteiger partial charge in [0.2, 0.25) is 17.7 Å². The molecule has 2 aromatic rings. The molecule has 2 atom stereocenters. The first-order valence-corrected chi connectivity index (χ1v) is 12.1. The van der Waals surface area contributed by atoms with E-state index in [2.05, 4.69) is 10.8 Å². The molecule has 0 aromatic heterocycles. The Labute approximate surface area is 201 Å². The third kappa shape index (κ3) is 7.99. The normalized spacial score (nSPS) is 16.7. The summed E-state index contributed by atoms with van der Waals surface area (Å²) in [5, 5.41) is 2.93. The summed E-state index contributed by atoms with van der Waals surface area (Å²) >= 11 is 0. The van der Waals surface area contributed by atoms with E-state index in [4.69, 9.17) is 4.84 Å². The smallest absolute Gasteiger partial charge is 0.245 e. The second-order valence-corrected chi connectivity index (χ2v) is 8.79. The first-order valence-electron chi connectivity index (χ1n) is 12.1. The first kappa shape index (κ1) is 25.4. The van der Waals surface area contributed by atoms with Crippen molar-refractivity contribution in [3.05, 3.63) is 71.8 Å². The average molecular weight is 466 g/mol. The Morgan fingerprint density at radius 1 is 1.06 bits per heavy atom. The standard InChI is InChI=1S/C27H35N3O4/c1-2-3-15-23(18-25(31)29-34-20-22-13-8-5-9-14-22)26(32)28-24-16-10-17-30(27(24)33)19-21-11-6-4-7-12-21/h4-9,11-14,23-24H,2-3,10,15-20H2,1H3,(H,28,32)(H,29,31)/t23-,24+/m1/s1. The highest BCUT2D eigenvalue weighted by molar-refractivity contribution is 5.90. The summed E-state index contributed by atoms with van der Waals surface area (Å²) in [5.74, 6) is -1.15. The van der Waals surface area contributed by atoms with Gasteiger partial charge in [0, 0.05) is 25.4 Å². The number of carbonyl (C=O) groups excluding carboxylic acids is 3. The van der Waals surface area contributed by atoms with Crippen LogP contribution in [0, 0.1) is 5.92 Å². The molecule has 3 rings (SSSR count). The number of nitrogens with zero attached hydrogens (tertiary/aromatic N) is 1. The topological polar surface area (TPSA) is 87.7 Å². The van der Waals surface area contributed by atoms with Gasteiger partial charge in [0.15, 0.2) is 0 Å². The van der Waals surface area contributed by atoms with Gasteiger partial charge in [-0.1, -0.05) is 80.4 Å². The van der Waals surface area contributed by atoms with Gasteiger partial charge in [-0.25, -0.2) is 5.48 Å². The largest absolute Gasteiger partial charge is 0.344 e. The van der Waals surface area contributed by atoms with Crippen molar-refractivity contribution in [2.45, 2.75) is 64.6 Å². The summed E-state index contributed by atoms with van der Waals surface area (Å²) in [6, 6.07) is 18.8. The van der Waals surface area contributed by atoms with E-state index in [1.807, 2.05) is 67.6 Å². The first-order chi connectivity index (χ1) is 16.6. The summed E-state index contributed by atoms with van der Waals surface area (Å²) in [6.07, 6.45) is 3.80. The Morgan fingerprint density at radius 2 is 1.74 bits per heavy atom. The monoisotopic (exact) mass is 465 g/mol. The van der Waals surface area contributed by atoms with Crippen LogP contribution < -0.4 is 10.8 Å². The summed E-state index contributed by atoms with van der Waals surface area (Å²) in [6.45, 7) is 3.52. The summed E-state index contributed by atoms with van der Waals surface area (Å²) in [5.41, 5.74) is 4.45. The third-order valence-corrected chi connectivity index (χ3v) is 6.04. The number of likely N-dealkylation sites (tertiary alicyclic amines) is 1. The number of hydrogen-bond donors (Lipinski definition) is 2. The van der Waals surface area contributed by atoms with Crippen LogP contribution in [0.4, 0.5) is 0 Å². The molecule has 34 heavy (non-hydrogen) atoms. The molecule has 182 valence electrons. The fourth-order valence-corrected chi connectivity index (χ4v) is 4.14. The molecule has 2 aromatic carbocycles. The van der Waals surface area contributed by atoms with Gasteiger partial charge >= 0.3 is 0 Å². The molecule has 7 heteroatoms. The molecule has 7 nitrogen and oxygen atoms in total. The van der Waals surface area contributed by atoms with E-state index in [1.54, 1.807) is 4.90 Å². The van der Waals surface area contributed by atoms with Gasteiger partial charge in [-0.3, -0.25) is 19.2 Å². The molecule has 0 aliphatic carbocycles. The zero-order valence-electron chi connectivity index (χ0n) is 19.9. The molecule has 0 bridgehead atoms. The van der Waals surface area contributed by atoms with Crippen LogP contribution >= 0.6 is 0 Å². The van der Waals surface area contributed by atoms with Crippen molar-refractivity contribution in [2.75, 3.05) is 6.54 Å². The van der Waals surface area contributed by atoms with Gasteiger partial charge in [-0.15, -0.1) is 0 Å². The Morgan fingerprint density at radius 3 is 2.41 bits per heavy atom. The highest BCUT2D eigenvalue weighted by Crippen LogP contribution is 2.18. The number of hydrogen-bond acceptors (Lipinski definition) is 4. The fraction of sp³-hybridized carbons (Fsp3) is 0.444. The lowest BCUT2D eigenvalue weighted by molar-refractivity contribution is -0.142. The van der Waals surface area contributed by atoms with E-state index in [-0.39, 0.29) is 30.7 Å². The fourth-order valence-electron chi connectivity index (χ4n) is 4.14. The van der Waals surface area contributed by atoms with Crippen molar-refractivity contribution >= 4 is 17.7 Å². The van der Waals surface area contributed by atoms with Crippen LogP contribution in [0.15, 0.2) is 60.7 Å². The zero-order chi connectivity index (χ0) is 24.2. The SMILES string of the molecule is CCCC[C@H](CC(=O)NOCc1ccccc1)C(=O)N[C@H]1CCCN(Cc2ccccc2)C1=O. The van der Waals surface area contributed by atoms with Crippen LogP contribution in [0.1, 0.15) is 56.6 Å². The van der Waals surface area contributed by atoms with E-state index in [0.29, 0.717) is 25.9 Å². The van der Waals surface area contributed by atoms with E-state index in [9.17, 15) is 14.4 Å². The molecule has 2 N–H and O–H groups in total. The Balaban J connectivity index is 1.51. The van der Waals surface area contributed by atoms with Crippen molar-refractivity contribution < 1.29 is 19.2 Å². The second-order valence-electron chi connectivity index (χ2n) is 8.79. The Bertz CT molecular complexity index is 920. The minimum absolute atomic E-state index is 0.0231. The molecular weight excluding hydrogens is 430 g/mol. The molecule has 0 spiro atoms. The van der Waals surface area contributed by atoms with Crippen molar-refractivity contribution in [2.24, 2.45) is 5.92 Å². The van der Waals surface area contributed by atoms with Crippen LogP contribution in [0.5, 0.6) is 0 Å². The zero-order valence-corrected chi connectivity index (χ0v) is 19.9. The maximum Gasteiger partial charge on any atom is 0.245 e. The van der Waals surface area contributed by atoms with Gasteiger partial charge in [-0.2, -0.15) is 0 Å². The molecule has 1 heterocycles. The van der Waals surface area contributed by atoms with Crippen molar-refractivity contribution in [3.63, 3.8) is 0 Å². The molecule has 1 aliphatic rings. The maximum atomic E-state index is 13.1. The number of benzene rings is 2. The van der Waals surface area contributed by atoms with Gasteiger partial charge in [0.25, 0.3) is 0 Å². The van der Waals surface area contributed by atoms with Gasteiger partial charge in [-0.05, 0) is 30.4 Å². The van der Waals surface area contributed by atoms with Crippen LogP contribution in [0.25, 0.3) is 0 Å². The highest BCUT2D eigenvalue weighted by atomic mass is 16.6. The highest BCUT2D eigenvalue weighted by Gasteiger charge is 2.32. The molecular formula is C27H35N3O4. The number of hydroxylamine groups is 1. The predicted octanol–water partition coefficient (Wildman–Crippen LogP) is 3.74. The number of nitrogens with one attached hydrogen (secondary N) is 2. The summed E-state index contributed by atoms with van der Waals surface area (Å²) in [4.78, 5) is 45.6. The molecule has 1 aliphatic heterocycles. The van der Waals surface area contributed by atoms with Gasteiger partial charge < -0.3 is 10.2 Å². The molecule has 1 saturated heterocycles. The van der Waals surface area contributed by atoms with Crippen LogP contribution in [-0.2, 0) is 32.4 Å². The lowest BCUT2D eigenvalue weighted by Crippen LogP contribution is -2.53. The van der Waals surface area contributed by atoms with Gasteiger partial charge in [0.05, 0.1) is 6.61 Å². The summed E-state index contributed by atoms with van der Waals surface area (Å²) < 4.78 is 0. The molecule has 0 unspecified atom stereocenters.